The molecule has 0 unspecified atom stereocenters. The van der Waals surface area contributed by atoms with Crippen LogP contribution in [0.25, 0.3) is 0 Å². The van der Waals surface area contributed by atoms with Crippen molar-refractivity contribution in [2.45, 2.75) is 6.50 Å². The highest BCUT2D eigenvalue weighted by molar-refractivity contribution is 5.13. The van der Waals surface area contributed by atoms with Crippen molar-refractivity contribution in [1.29, 1.82) is 0 Å². The van der Waals surface area contributed by atoms with Crippen LogP contribution >= 0.6 is 0 Å². The molecule has 0 heterocycles. The third kappa shape index (κ3) is 3.19. The van der Waals surface area contributed by atoms with Crippen LogP contribution in [0.15, 0.2) is 30.3 Å². The minimum atomic E-state index is -1.33. The average molecular weight is 152 g/mol. The fourth-order valence-corrected chi connectivity index (χ4v) is 0.900. The van der Waals surface area contributed by atoms with Gasteiger partial charge in [0.05, 0.1) is 23.9 Å². The summed E-state index contributed by atoms with van der Waals surface area (Å²) in [4.78, 5) is 0. The highest BCUT2D eigenvalue weighted by atomic mass is 15.3. The normalized spacial score (nSPS) is 15.5. The van der Waals surface area contributed by atoms with E-state index in [1.165, 1.54) is 0 Å². The van der Waals surface area contributed by atoms with E-state index in [0.29, 0.717) is 0 Å². The summed E-state index contributed by atoms with van der Waals surface area (Å²) in [7, 11) is 5.56. The molecule has 1 rings (SSSR count). The van der Waals surface area contributed by atoms with Gasteiger partial charge in [0.2, 0.25) is 0 Å². The fraction of sp³-hybridized carbons (Fsp3) is 0.400. The molecular formula is C10H16N+. The van der Waals surface area contributed by atoms with Gasteiger partial charge in [-0.05, 0) is 0 Å². The summed E-state index contributed by atoms with van der Waals surface area (Å²) in [5, 5.41) is 0. The van der Waals surface area contributed by atoms with Gasteiger partial charge in [-0.3, -0.25) is 0 Å². The molecule has 0 saturated carbocycles. The smallest absolute Gasteiger partial charge is 0.104 e. The minimum absolute atomic E-state index is 0.275. The molecular weight excluding hydrogens is 134 g/mol. The maximum atomic E-state index is 7.96. The molecule has 0 radical (unpaired) electrons. The molecule has 0 atom stereocenters. The first-order valence-electron chi connectivity index (χ1n) is 4.73. The second-order valence-electron chi connectivity index (χ2n) is 3.49. The van der Waals surface area contributed by atoms with Crippen molar-refractivity contribution < 1.29 is 7.22 Å². The zero-order valence-corrected chi connectivity index (χ0v) is 7.33. The van der Waals surface area contributed by atoms with Crippen molar-refractivity contribution in [3.05, 3.63) is 35.9 Å². The molecule has 0 aliphatic rings. The van der Waals surface area contributed by atoms with E-state index in [-0.39, 0.29) is 4.48 Å². The van der Waals surface area contributed by atoms with Crippen LogP contribution in [0.2, 0.25) is 0 Å². The minimum Gasteiger partial charge on any atom is -0.327 e. The molecule has 1 aromatic carbocycles. The van der Waals surface area contributed by atoms with Gasteiger partial charge in [-0.25, -0.2) is 0 Å². The summed E-state index contributed by atoms with van der Waals surface area (Å²) in [6.07, 6.45) is 0. The topological polar surface area (TPSA) is 0 Å². The lowest BCUT2D eigenvalue weighted by molar-refractivity contribution is -0.884. The van der Waals surface area contributed by atoms with E-state index in [2.05, 4.69) is 0 Å². The Labute approximate surface area is 71.7 Å². The number of benzene rings is 1. The lowest BCUT2D eigenvalue weighted by Crippen LogP contribution is -2.33. The molecule has 0 amide bonds. The van der Waals surface area contributed by atoms with Crippen LogP contribution in [-0.4, -0.2) is 25.6 Å². The summed E-state index contributed by atoms with van der Waals surface area (Å²) < 4.78 is 16.2. The number of hydrogen-bond donors (Lipinski definition) is 0. The van der Waals surface area contributed by atoms with Gasteiger partial charge in [0.1, 0.15) is 6.50 Å². The second kappa shape index (κ2) is 3.05. The molecule has 0 spiro atoms. The summed E-state index contributed by atoms with van der Waals surface area (Å²) >= 11 is 0. The van der Waals surface area contributed by atoms with Gasteiger partial charge in [-0.15, -0.1) is 0 Å². The Morgan fingerprint density at radius 1 is 1.18 bits per heavy atom. The number of hydrogen-bond acceptors (Lipinski definition) is 0. The first-order valence-corrected chi connectivity index (χ1v) is 3.73. The van der Waals surface area contributed by atoms with Crippen molar-refractivity contribution in [2.24, 2.45) is 0 Å². The van der Waals surface area contributed by atoms with Crippen LogP contribution in [-0.2, 0) is 6.50 Å². The van der Waals surface area contributed by atoms with Crippen LogP contribution in [0.5, 0.6) is 0 Å². The van der Waals surface area contributed by atoms with Gasteiger partial charge in [0, 0.05) is 5.56 Å². The maximum Gasteiger partial charge on any atom is 0.104 e. The third-order valence-electron chi connectivity index (χ3n) is 1.24. The van der Waals surface area contributed by atoms with Crippen LogP contribution in [0, 0.1) is 0 Å². The van der Waals surface area contributed by atoms with E-state index in [1.807, 2.05) is 51.5 Å². The van der Waals surface area contributed by atoms with Gasteiger partial charge < -0.3 is 4.48 Å². The van der Waals surface area contributed by atoms with Gasteiger partial charge >= 0.3 is 0 Å². The molecule has 60 valence electrons. The zero-order valence-electron chi connectivity index (χ0n) is 9.33. The molecule has 0 aliphatic heterocycles. The Morgan fingerprint density at radius 3 is 2.18 bits per heavy atom. The first kappa shape index (κ1) is 5.78. The van der Waals surface area contributed by atoms with Crippen molar-refractivity contribution in [1.82, 2.24) is 0 Å². The fourth-order valence-electron chi connectivity index (χ4n) is 0.900. The Morgan fingerprint density at radius 2 is 1.73 bits per heavy atom. The number of quaternary nitrogens is 1. The third-order valence-corrected chi connectivity index (χ3v) is 1.24. The molecule has 0 aliphatic carbocycles. The van der Waals surface area contributed by atoms with Crippen LogP contribution in [0.1, 0.15) is 8.30 Å². The van der Waals surface area contributed by atoms with Gasteiger partial charge in [0.25, 0.3) is 0 Å². The van der Waals surface area contributed by atoms with E-state index in [4.69, 9.17) is 2.74 Å². The van der Waals surface area contributed by atoms with Crippen LogP contribution < -0.4 is 0 Å². The summed E-state index contributed by atoms with van der Waals surface area (Å²) in [6, 6.07) is 9.27. The highest BCUT2D eigenvalue weighted by Gasteiger charge is 2.06. The first-order chi connectivity index (χ1) is 5.86. The zero-order chi connectivity index (χ0) is 10.1. The van der Waals surface area contributed by atoms with E-state index >= 15 is 0 Å². The predicted octanol–water partition coefficient (Wildman–Crippen LogP) is 1.89. The van der Waals surface area contributed by atoms with E-state index < -0.39 is 6.50 Å². The van der Waals surface area contributed by atoms with Crippen molar-refractivity contribution in [3.8, 4) is 0 Å². The molecule has 1 nitrogen and oxygen atoms in total. The molecule has 0 bridgehead atoms. The molecule has 11 heavy (non-hydrogen) atoms. The summed E-state index contributed by atoms with van der Waals surface area (Å²) in [6.45, 7) is -1.33. The lowest BCUT2D eigenvalue weighted by atomic mass is 10.2. The highest BCUT2D eigenvalue weighted by Crippen LogP contribution is 2.04. The van der Waals surface area contributed by atoms with Crippen LogP contribution in [0.3, 0.4) is 0 Å². The number of rotatable bonds is 2. The Bertz CT molecular complexity index is 275. The maximum absolute atomic E-state index is 7.96. The summed E-state index contributed by atoms with van der Waals surface area (Å²) in [5.74, 6) is 0. The van der Waals surface area contributed by atoms with Gasteiger partial charge in [0.15, 0.2) is 0 Å². The molecule has 0 N–H and O–H groups in total. The molecule has 0 saturated heterocycles. The molecule has 0 aromatic heterocycles. The van der Waals surface area contributed by atoms with E-state index in [1.54, 1.807) is 0 Å². The Balaban J connectivity index is 3.08. The van der Waals surface area contributed by atoms with Gasteiger partial charge in [-0.2, -0.15) is 0 Å². The Hall–Kier alpha value is -0.820. The molecule has 0 fully saturated rings. The lowest BCUT2D eigenvalue weighted by Gasteiger charge is -2.23. The second-order valence-corrected chi connectivity index (χ2v) is 3.49. The largest absolute Gasteiger partial charge is 0.327 e. The standard InChI is InChI=1S/C10H16N/c1-11(2,3)9-10-7-5-4-6-8-10/h4-8H,9H2,1-3H3/q+1/i9D2. The van der Waals surface area contributed by atoms with Crippen LogP contribution in [0.4, 0.5) is 0 Å². The van der Waals surface area contributed by atoms with Crippen molar-refractivity contribution in [2.75, 3.05) is 21.1 Å². The van der Waals surface area contributed by atoms with Crippen molar-refractivity contribution >= 4 is 0 Å². The van der Waals surface area contributed by atoms with E-state index in [9.17, 15) is 0 Å². The van der Waals surface area contributed by atoms with Crippen molar-refractivity contribution in [3.63, 3.8) is 0 Å². The quantitative estimate of drug-likeness (QED) is 0.568. The number of nitrogens with zero attached hydrogens (tertiary/aromatic N) is 1. The predicted molar refractivity (Wildman–Crippen MR) is 48.2 cm³/mol. The molecule has 1 aromatic rings. The van der Waals surface area contributed by atoms with Gasteiger partial charge in [-0.1, -0.05) is 30.3 Å². The molecule has 1 heteroatoms. The van der Waals surface area contributed by atoms with E-state index in [0.717, 1.165) is 5.56 Å². The SMILES string of the molecule is [2H]C([2H])(c1ccccc1)[N+](C)(C)C. The monoisotopic (exact) mass is 152 g/mol. The Kier molecular flexibility index (Phi) is 1.61. The summed E-state index contributed by atoms with van der Waals surface area (Å²) in [5.41, 5.74) is 0.725. The average Bonchev–Trinajstić information content (AvgIpc) is 2.04.